The number of aromatic amines is 1. The van der Waals surface area contributed by atoms with Crippen molar-refractivity contribution < 1.29 is 4.74 Å². The van der Waals surface area contributed by atoms with Crippen LogP contribution in [0.25, 0.3) is 11.0 Å². The number of nitrogens with zero attached hydrogens (tertiary/aromatic N) is 2. The first-order valence-corrected chi connectivity index (χ1v) is 4.03. The van der Waals surface area contributed by atoms with Crippen molar-refractivity contribution in [1.82, 2.24) is 15.4 Å². The lowest BCUT2D eigenvalue weighted by Gasteiger charge is -2.02. The van der Waals surface area contributed by atoms with Crippen molar-refractivity contribution in [2.75, 3.05) is 13.2 Å². The fraction of sp³-hybridized carbons (Fsp3) is 0.250. The maximum Gasteiger partial charge on any atom is 0.121 e. The topological polar surface area (TPSA) is 76.8 Å². The molecule has 0 aliphatic rings. The van der Waals surface area contributed by atoms with Gasteiger partial charge in [-0.3, -0.25) is 0 Å². The van der Waals surface area contributed by atoms with Crippen LogP contribution in [0.3, 0.4) is 0 Å². The molecule has 0 atom stereocenters. The molecule has 0 spiro atoms. The van der Waals surface area contributed by atoms with E-state index >= 15 is 0 Å². The van der Waals surface area contributed by atoms with Crippen LogP contribution in [-0.2, 0) is 0 Å². The molecule has 0 aliphatic carbocycles. The third kappa shape index (κ3) is 1.59. The van der Waals surface area contributed by atoms with Gasteiger partial charge in [0.1, 0.15) is 23.4 Å². The van der Waals surface area contributed by atoms with Crippen molar-refractivity contribution in [2.45, 2.75) is 0 Å². The molecule has 2 rings (SSSR count). The van der Waals surface area contributed by atoms with Crippen molar-refractivity contribution in [1.29, 1.82) is 0 Å². The zero-order chi connectivity index (χ0) is 9.10. The smallest absolute Gasteiger partial charge is 0.121 e. The standard InChI is InChI=1S/C8H10N4O/c9-3-4-13-6-1-2-7-8(5-6)11-12-10-7/h1-2,5H,3-4,9H2,(H,10,11,12). The molecule has 5 nitrogen and oxygen atoms in total. The number of benzene rings is 1. The first-order chi connectivity index (χ1) is 6.40. The van der Waals surface area contributed by atoms with Crippen molar-refractivity contribution in [2.24, 2.45) is 5.73 Å². The Balaban J connectivity index is 2.26. The maximum absolute atomic E-state index is 5.33. The number of nitrogens with one attached hydrogen (secondary N) is 1. The first-order valence-electron chi connectivity index (χ1n) is 4.03. The van der Waals surface area contributed by atoms with Gasteiger partial charge in [-0.05, 0) is 12.1 Å². The van der Waals surface area contributed by atoms with Crippen LogP contribution >= 0.6 is 0 Å². The number of rotatable bonds is 3. The molecule has 68 valence electrons. The average Bonchev–Trinajstić information content (AvgIpc) is 2.61. The van der Waals surface area contributed by atoms with Crippen molar-refractivity contribution in [3.8, 4) is 5.75 Å². The number of H-pyrrole nitrogens is 1. The van der Waals surface area contributed by atoms with E-state index in [-0.39, 0.29) is 0 Å². The Labute approximate surface area is 74.9 Å². The summed E-state index contributed by atoms with van der Waals surface area (Å²) in [6.07, 6.45) is 0. The Bertz CT molecular complexity index is 398. The lowest BCUT2D eigenvalue weighted by molar-refractivity contribution is 0.328. The van der Waals surface area contributed by atoms with E-state index in [0.717, 1.165) is 16.8 Å². The number of fused-ring (bicyclic) bond motifs is 1. The largest absolute Gasteiger partial charge is 0.492 e. The van der Waals surface area contributed by atoms with Gasteiger partial charge >= 0.3 is 0 Å². The van der Waals surface area contributed by atoms with Gasteiger partial charge in [0, 0.05) is 12.6 Å². The lowest BCUT2D eigenvalue weighted by Crippen LogP contribution is -2.10. The van der Waals surface area contributed by atoms with Gasteiger partial charge in [0.05, 0.1) is 0 Å². The minimum Gasteiger partial charge on any atom is -0.492 e. The van der Waals surface area contributed by atoms with E-state index in [1.165, 1.54) is 0 Å². The zero-order valence-corrected chi connectivity index (χ0v) is 7.03. The van der Waals surface area contributed by atoms with Gasteiger partial charge in [-0.1, -0.05) is 0 Å². The molecule has 2 aromatic rings. The molecule has 5 heteroatoms. The van der Waals surface area contributed by atoms with Crippen LogP contribution in [-0.4, -0.2) is 28.6 Å². The minimum atomic E-state index is 0.511. The lowest BCUT2D eigenvalue weighted by atomic mass is 10.3. The van der Waals surface area contributed by atoms with Gasteiger partial charge in [-0.25, -0.2) is 0 Å². The first kappa shape index (κ1) is 8.00. The summed E-state index contributed by atoms with van der Waals surface area (Å²) in [6, 6.07) is 5.53. The summed E-state index contributed by atoms with van der Waals surface area (Å²) in [5.74, 6) is 0.770. The second kappa shape index (κ2) is 3.40. The highest BCUT2D eigenvalue weighted by Gasteiger charge is 1.99. The molecule has 0 aliphatic heterocycles. The number of hydrogen-bond acceptors (Lipinski definition) is 4. The molecule has 3 N–H and O–H groups in total. The fourth-order valence-corrected chi connectivity index (χ4v) is 1.09. The molecule has 0 unspecified atom stereocenters. The monoisotopic (exact) mass is 178 g/mol. The number of hydrogen-bond donors (Lipinski definition) is 2. The van der Waals surface area contributed by atoms with E-state index in [0.29, 0.717) is 13.2 Å². The summed E-state index contributed by atoms with van der Waals surface area (Å²) in [6.45, 7) is 1.03. The highest BCUT2D eigenvalue weighted by molar-refractivity contribution is 5.75. The van der Waals surface area contributed by atoms with Crippen LogP contribution in [0.2, 0.25) is 0 Å². The van der Waals surface area contributed by atoms with E-state index in [2.05, 4.69) is 15.4 Å². The summed E-state index contributed by atoms with van der Waals surface area (Å²) in [5, 5.41) is 10.4. The van der Waals surface area contributed by atoms with Crippen LogP contribution in [0.1, 0.15) is 0 Å². The molecule has 13 heavy (non-hydrogen) atoms. The Morgan fingerprint density at radius 1 is 1.31 bits per heavy atom. The van der Waals surface area contributed by atoms with Gasteiger partial charge in [0.2, 0.25) is 0 Å². The molecular formula is C8H10N4O. The third-order valence-corrected chi connectivity index (χ3v) is 1.67. The molecule has 0 radical (unpaired) electrons. The average molecular weight is 178 g/mol. The van der Waals surface area contributed by atoms with Crippen LogP contribution in [0.15, 0.2) is 18.2 Å². The number of nitrogens with two attached hydrogens (primary N) is 1. The van der Waals surface area contributed by atoms with E-state index in [4.69, 9.17) is 10.5 Å². The summed E-state index contributed by atoms with van der Waals surface area (Å²) in [4.78, 5) is 0. The van der Waals surface area contributed by atoms with E-state index < -0.39 is 0 Å². The number of ether oxygens (including phenoxy) is 1. The van der Waals surface area contributed by atoms with Crippen molar-refractivity contribution in [3.63, 3.8) is 0 Å². The second-order valence-corrected chi connectivity index (χ2v) is 2.61. The van der Waals surface area contributed by atoms with Gasteiger partial charge in [0.25, 0.3) is 0 Å². The molecule has 0 amide bonds. The highest BCUT2D eigenvalue weighted by atomic mass is 16.5. The number of aromatic nitrogens is 3. The predicted molar refractivity (Wildman–Crippen MR) is 48.4 cm³/mol. The molecular weight excluding hydrogens is 168 g/mol. The molecule has 1 heterocycles. The zero-order valence-electron chi connectivity index (χ0n) is 7.03. The van der Waals surface area contributed by atoms with Gasteiger partial charge in [-0.2, -0.15) is 15.4 Å². The minimum absolute atomic E-state index is 0.511. The Morgan fingerprint density at radius 2 is 2.15 bits per heavy atom. The van der Waals surface area contributed by atoms with Crippen LogP contribution < -0.4 is 10.5 Å². The van der Waals surface area contributed by atoms with Crippen LogP contribution in [0.5, 0.6) is 5.75 Å². The van der Waals surface area contributed by atoms with Crippen LogP contribution in [0.4, 0.5) is 0 Å². The summed E-state index contributed by atoms with van der Waals surface area (Å²) >= 11 is 0. The summed E-state index contributed by atoms with van der Waals surface area (Å²) in [5.41, 5.74) is 6.94. The Hall–Kier alpha value is -1.62. The Kier molecular flexibility index (Phi) is 2.09. The maximum atomic E-state index is 5.33. The molecule has 1 aromatic carbocycles. The fourth-order valence-electron chi connectivity index (χ4n) is 1.09. The quantitative estimate of drug-likeness (QED) is 0.708. The molecule has 0 saturated heterocycles. The van der Waals surface area contributed by atoms with Gasteiger partial charge in [-0.15, -0.1) is 0 Å². The predicted octanol–water partition coefficient (Wildman–Crippen LogP) is 0.295. The van der Waals surface area contributed by atoms with E-state index in [9.17, 15) is 0 Å². The molecule has 0 bridgehead atoms. The molecule has 0 fully saturated rings. The van der Waals surface area contributed by atoms with Crippen molar-refractivity contribution >= 4 is 11.0 Å². The normalized spacial score (nSPS) is 10.5. The molecule has 0 saturated carbocycles. The Morgan fingerprint density at radius 3 is 3.00 bits per heavy atom. The third-order valence-electron chi connectivity index (χ3n) is 1.67. The SMILES string of the molecule is NCCOc1ccc2n[nH]nc2c1. The van der Waals surface area contributed by atoms with Crippen molar-refractivity contribution in [3.05, 3.63) is 18.2 Å². The summed E-state index contributed by atoms with van der Waals surface area (Å²) in [7, 11) is 0. The van der Waals surface area contributed by atoms with E-state index in [1.807, 2.05) is 18.2 Å². The van der Waals surface area contributed by atoms with E-state index in [1.54, 1.807) is 0 Å². The molecule has 1 aromatic heterocycles. The van der Waals surface area contributed by atoms with Gasteiger partial charge in [0.15, 0.2) is 0 Å². The second-order valence-electron chi connectivity index (χ2n) is 2.61. The summed E-state index contributed by atoms with van der Waals surface area (Å²) < 4.78 is 5.33. The van der Waals surface area contributed by atoms with Gasteiger partial charge < -0.3 is 10.5 Å². The highest BCUT2D eigenvalue weighted by Crippen LogP contribution is 2.16. The van der Waals surface area contributed by atoms with Crippen LogP contribution in [0, 0.1) is 0 Å².